The third kappa shape index (κ3) is 5.91. The summed E-state index contributed by atoms with van der Waals surface area (Å²) >= 11 is 11.8. The zero-order chi connectivity index (χ0) is 17.6. The number of hydrogen-bond acceptors (Lipinski definition) is 2. The van der Waals surface area contributed by atoms with Gasteiger partial charge in [0.1, 0.15) is 5.67 Å². The van der Waals surface area contributed by atoms with Crippen LogP contribution in [0.25, 0.3) is 0 Å². The molecule has 1 aromatic carbocycles. The number of piperidine rings is 1. The van der Waals surface area contributed by atoms with Crippen LogP contribution in [0.4, 0.5) is 4.39 Å². The average Bonchev–Trinajstić information content (AvgIpc) is 2.54. The minimum absolute atomic E-state index is 0.0266. The highest BCUT2D eigenvalue weighted by atomic mass is 35.5. The van der Waals surface area contributed by atoms with E-state index in [2.05, 4.69) is 17.1 Å². The molecule has 6 heteroatoms. The molecule has 0 aromatic heterocycles. The van der Waals surface area contributed by atoms with E-state index in [1.807, 2.05) is 0 Å². The second kappa shape index (κ2) is 9.02. The number of carbonyl (C=O) groups excluding carboxylic acids is 1. The number of rotatable bonds is 7. The first-order valence-electron chi connectivity index (χ1n) is 8.57. The molecule has 1 aliphatic rings. The van der Waals surface area contributed by atoms with Crippen LogP contribution in [0.15, 0.2) is 18.2 Å². The van der Waals surface area contributed by atoms with Crippen molar-refractivity contribution in [2.45, 2.75) is 44.7 Å². The molecule has 1 aliphatic heterocycles. The lowest BCUT2D eigenvalue weighted by Gasteiger charge is -2.36. The van der Waals surface area contributed by atoms with Crippen molar-refractivity contribution in [3.8, 4) is 0 Å². The fourth-order valence-corrected chi connectivity index (χ4v) is 3.49. The van der Waals surface area contributed by atoms with Gasteiger partial charge in [-0.25, -0.2) is 4.39 Å². The van der Waals surface area contributed by atoms with Gasteiger partial charge in [0.25, 0.3) is 5.91 Å². The SMILES string of the molecule is CCCCCN1CCC(F)(CNC(=O)c2cc(Cl)cc(Cl)c2)CC1. The Balaban J connectivity index is 1.80. The summed E-state index contributed by atoms with van der Waals surface area (Å²) < 4.78 is 14.9. The lowest BCUT2D eigenvalue weighted by molar-refractivity contribution is 0.0539. The first-order valence-corrected chi connectivity index (χ1v) is 9.33. The van der Waals surface area contributed by atoms with E-state index >= 15 is 0 Å². The van der Waals surface area contributed by atoms with Gasteiger partial charge in [-0.05, 0) is 44.0 Å². The van der Waals surface area contributed by atoms with Crippen molar-refractivity contribution in [1.29, 1.82) is 0 Å². The van der Waals surface area contributed by atoms with Crippen LogP contribution in [0.3, 0.4) is 0 Å². The molecule has 0 bridgehead atoms. The maximum Gasteiger partial charge on any atom is 0.251 e. The Morgan fingerprint density at radius 3 is 2.42 bits per heavy atom. The molecule has 1 amide bonds. The van der Waals surface area contributed by atoms with Gasteiger partial charge in [0, 0.05) is 28.7 Å². The standard InChI is InChI=1S/C18H25Cl2FN2O/c1-2-3-4-7-23-8-5-18(21,6-9-23)13-22-17(24)14-10-15(19)12-16(20)11-14/h10-12H,2-9,13H2,1H3,(H,22,24). The zero-order valence-electron chi connectivity index (χ0n) is 14.1. The van der Waals surface area contributed by atoms with Crippen LogP contribution in [0.2, 0.25) is 10.0 Å². The van der Waals surface area contributed by atoms with Gasteiger partial charge in [0.2, 0.25) is 0 Å². The van der Waals surface area contributed by atoms with Crippen molar-refractivity contribution in [1.82, 2.24) is 10.2 Å². The summed E-state index contributed by atoms with van der Waals surface area (Å²) in [5, 5.41) is 3.46. The molecule has 0 saturated carbocycles. The maximum atomic E-state index is 14.9. The highest BCUT2D eigenvalue weighted by Gasteiger charge is 2.34. The van der Waals surface area contributed by atoms with Gasteiger partial charge in [-0.3, -0.25) is 4.79 Å². The Bertz CT molecular complexity index is 540. The molecule has 0 atom stereocenters. The highest BCUT2D eigenvalue weighted by Crippen LogP contribution is 2.26. The van der Waals surface area contributed by atoms with E-state index in [0.29, 0.717) is 28.5 Å². The number of nitrogens with one attached hydrogen (secondary N) is 1. The van der Waals surface area contributed by atoms with Gasteiger partial charge < -0.3 is 10.2 Å². The lowest BCUT2D eigenvalue weighted by atomic mass is 9.93. The van der Waals surface area contributed by atoms with Crippen molar-refractivity contribution in [3.63, 3.8) is 0 Å². The lowest BCUT2D eigenvalue weighted by Crippen LogP contribution is -2.48. The smallest absolute Gasteiger partial charge is 0.251 e. The molecule has 134 valence electrons. The van der Waals surface area contributed by atoms with Crippen molar-refractivity contribution < 1.29 is 9.18 Å². The third-order valence-corrected chi connectivity index (χ3v) is 4.96. The molecule has 1 fully saturated rings. The molecule has 0 aliphatic carbocycles. The number of halogens is 3. The number of hydrogen-bond donors (Lipinski definition) is 1. The van der Waals surface area contributed by atoms with Gasteiger partial charge in [0.15, 0.2) is 0 Å². The Morgan fingerprint density at radius 2 is 1.83 bits per heavy atom. The van der Waals surface area contributed by atoms with Crippen LogP contribution in [0, 0.1) is 0 Å². The molecular weight excluding hydrogens is 350 g/mol. The van der Waals surface area contributed by atoms with E-state index in [9.17, 15) is 9.18 Å². The van der Waals surface area contributed by atoms with Gasteiger partial charge in [-0.1, -0.05) is 43.0 Å². The summed E-state index contributed by atoms with van der Waals surface area (Å²) in [6.07, 6.45) is 4.49. The monoisotopic (exact) mass is 374 g/mol. The van der Waals surface area contributed by atoms with Crippen molar-refractivity contribution >= 4 is 29.1 Å². The second-order valence-corrected chi connectivity index (χ2v) is 7.41. The maximum absolute atomic E-state index is 14.9. The van der Waals surface area contributed by atoms with Crippen LogP contribution >= 0.6 is 23.2 Å². The molecular formula is C18H25Cl2FN2O. The number of alkyl halides is 1. The van der Waals surface area contributed by atoms with Crippen LogP contribution < -0.4 is 5.32 Å². The van der Waals surface area contributed by atoms with E-state index in [1.54, 1.807) is 6.07 Å². The second-order valence-electron chi connectivity index (χ2n) is 6.54. The quantitative estimate of drug-likeness (QED) is 0.700. The molecule has 1 saturated heterocycles. The summed E-state index contributed by atoms with van der Waals surface area (Å²) in [5.74, 6) is -0.346. The van der Waals surface area contributed by atoms with Crippen LogP contribution in [0.5, 0.6) is 0 Å². The van der Waals surface area contributed by atoms with Crippen LogP contribution in [-0.2, 0) is 0 Å². The number of amides is 1. The van der Waals surface area contributed by atoms with E-state index in [-0.39, 0.29) is 12.5 Å². The molecule has 3 nitrogen and oxygen atoms in total. The van der Waals surface area contributed by atoms with E-state index in [1.165, 1.54) is 31.4 Å². The van der Waals surface area contributed by atoms with Gasteiger partial charge in [0.05, 0.1) is 6.54 Å². The predicted octanol–water partition coefficient (Wildman–Crippen LogP) is 4.72. The van der Waals surface area contributed by atoms with E-state index in [0.717, 1.165) is 19.6 Å². The minimum atomic E-state index is -1.33. The topological polar surface area (TPSA) is 32.3 Å². The first kappa shape index (κ1) is 19.5. The Labute approximate surface area is 153 Å². The fourth-order valence-electron chi connectivity index (χ4n) is 2.97. The predicted molar refractivity (Wildman–Crippen MR) is 97.8 cm³/mol. The molecule has 0 unspecified atom stereocenters. The first-order chi connectivity index (χ1) is 11.4. The Kier molecular flexibility index (Phi) is 7.33. The largest absolute Gasteiger partial charge is 0.349 e. The molecule has 24 heavy (non-hydrogen) atoms. The third-order valence-electron chi connectivity index (χ3n) is 4.52. The van der Waals surface area contributed by atoms with Crippen LogP contribution in [-0.4, -0.2) is 42.7 Å². The minimum Gasteiger partial charge on any atom is -0.349 e. The number of carbonyl (C=O) groups is 1. The Morgan fingerprint density at radius 1 is 1.21 bits per heavy atom. The van der Waals surface area contributed by atoms with Crippen molar-refractivity contribution in [3.05, 3.63) is 33.8 Å². The summed E-state index contributed by atoms with van der Waals surface area (Å²) in [7, 11) is 0. The van der Waals surface area contributed by atoms with Gasteiger partial charge in [-0.2, -0.15) is 0 Å². The van der Waals surface area contributed by atoms with E-state index < -0.39 is 5.67 Å². The van der Waals surface area contributed by atoms with Gasteiger partial charge in [-0.15, -0.1) is 0 Å². The molecule has 0 spiro atoms. The highest BCUT2D eigenvalue weighted by molar-refractivity contribution is 6.35. The summed E-state index contributed by atoms with van der Waals surface area (Å²) in [6, 6.07) is 4.62. The summed E-state index contributed by atoms with van der Waals surface area (Å²) in [4.78, 5) is 14.5. The average molecular weight is 375 g/mol. The molecule has 1 N–H and O–H groups in total. The normalized spacial score (nSPS) is 17.7. The zero-order valence-corrected chi connectivity index (χ0v) is 15.6. The Hall–Kier alpha value is -0.840. The molecule has 1 heterocycles. The number of likely N-dealkylation sites (tertiary alicyclic amines) is 1. The molecule has 2 rings (SSSR count). The van der Waals surface area contributed by atoms with E-state index in [4.69, 9.17) is 23.2 Å². The number of nitrogens with zero attached hydrogens (tertiary/aromatic N) is 1. The fraction of sp³-hybridized carbons (Fsp3) is 0.611. The number of benzene rings is 1. The molecule has 0 radical (unpaired) electrons. The van der Waals surface area contributed by atoms with Crippen molar-refractivity contribution in [2.75, 3.05) is 26.2 Å². The summed E-state index contributed by atoms with van der Waals surface area (Å²) in [5.41, 5.74) is -0.979. The van der Waals surface area contributed by atoms with Crippen LogP contribution in [0.1, 0.15) is 49.4 Å². The van der Waals surface area contributed by atoms with Crippen molar-refractivity contribution in [2.24, 2.45) is 0 Å². The number of unbranched alkanes of at least 4 members (excludes halogenated alkanes) is 2. The molecule has 1 aromatic rings. The summed E-state index contributed by atoms with van der Waals surface area (Å²) in [6.45, 7) is 4.74. The van der Waals surface area contributed by atoms with Gasteiger partial charge >= 0.3 is 0 Å².